The number of esters is 1. The Morgan fingerprint density at radius 3 is 2.28 bits per heavy atom. The van der Waals surface area contributed by atoms with Crippen LogP contribution in [-0.4, -0.2) is 32.4 Å². The Kier molecular flexibility index (Phi) is 11.8. The van der Waals surface area contributed by atoms with Gasteiger partial charge in [-0.1, -0.05) is 49.7 Å². The molecule has 1 atom stereocenters. The van der Waals surface area contributed by atoms with Crippen LogP contribution in [0.1, 0.15) is 31.0 Å². The molecule has 11 heteroatoms. The number of unbranched alkanes of at least 4 members (excludes halogenated alkanes) is 1. The van der Waals surface area contributed by atoms with E-state index in [9.17, 15) is 26.9 Å². The number of rotatable bonds is 9. The molecule has 0 spiro atoms. The van der Waals surface area contributed by atoms with Gasteiger partial charge < -0.3 is 32.6 Å². The molecule has 2 rings (SSSR count). The fraction of sp³-hybridized carbons (Fsp3) is 0.381. The zero-order valence-corrected chi connectivity index (χ0v) is 18.1. The number of methoxy groups -OCH3 is 1. The Morgan fingerprint density at radius 2 is 1.69 bits per heavy atom. The Morgan fingerprint density at radius 1 is 1.06 bits per heavy atom. The lowest BCUT2D eigenvalue weighted by atomic mass is 10.1. The molecule has 32 heavy (non-hydrogen) atoms. The van der Waals surface area contributed by atoms with Crippen molar-refractivity contribution in [2.45, 2.75) is 45.3 Å². The Hall–Kier alpha value is -3.11. The minimum atomic E-state index is -6.00. The molecule has 2 amide bonds. The molecule has 0 saturated heterocycles. The summed E-state index contributed by atoms with van der Waals surface area (Å²) in [6.45, 7) is 3.44. The molecule has 0 unspecified atom stereocenters. The second-order valence-electron chi connectivity index (χ2n) is 6.83. The number of nitrogens with one attached hydrogen (secondary N) is 2. The monoisotopic (exact) mass is 457 g/mol. The van der Waals surface area contributed by atoms with Crippen molar-refractivity contribution in [1.82, 2.24) is 10.6 Å². The summed E-state index contributed by atoms with van der Waals surface area (Å²) in [5.74, 6) is -0.466. The van der Waals surface area contributed by atoms with Gasteiger partial charge >= 0.3 is 19.3 Å². The molecule has 0 aliphatic carbocycles. The van der Waals surface area contributed by atoms with Crippen molar-refractivity contribution in [2.24, 2.45) is 0 Å². The van der Waals surface area contributed by atoms with Gasteiger partial charge in [-0.3, -0.25) is 0 Å². The normalized spacial score (nSPS) is 11.6. The molecular formula is C21H28BF4N3O3. The first-order valence-electron chi connectivity index (χ1n) is 10.1. The van der Waals surface area contributed by atoms with Crippen LogP contribution in [0.3, 0.4) is 0 Å². The third-order valence-corrected chi connectivity index (χ3v) is 4.29. The fourth-order valence-corrected chi connectivity index (χ4v) is 2.78. The molecule has 1 aromatic carbocycles. The Labute approximate surface area is 185 Å². The van der Waals surface area contributed by atoms with Gasteiger partial charge in [0.25, 0.3) is 0 Å². The van der Waals surface area contributed by atoms with Gasteiger partial charge in [0.2, 0.25) is 5.69 Å². The van der Waals surface area contributed by atoms with Crippen molar-refractivity contribution < 1.29 is 36.2 Å². The van der Waals surface area contributed by atoms with Crippen molar-refractivity contribution >= 4 is 19.3 Å². The van der Waals surface area contributed by atoms with Gasteiger partial charge in [0, 0.05) is 25.0 Å². The molecule has 0 aliphatic heterocycles. The molecule has 2 N–H and O–H groups in total. The van der Waals surface area contributed by atoms with Crippen LogP contribution < -0.4 is 15.2 Å². The van der Waals surface area contributed by atoms with Crippen LogP contribution in [0.15, 0.2) is 54.7 Å². The van der Waals surface area contributed by atoms with E-state index in [1.807, 2.05) is 54.7 Å². The summed E-state index contributed by atoms with van der Waals surface area (Å²) in [5, 5.41) is 5.55. The molecule has 176 valence electrons. The molecule has 0 radical (unpaired) electrons. The van der Waals surface area contributed by atoms with E-state index in [4.69, 9.17) is 4.74 Å². The molecule has 0 saturated carbocycles. The van der Waals surface area contributed by atoms with Crippen LogP contribution in [0.25, 0.3) is 0 Å². The molecule has 0 bridgehead atoms. The molecule has 6 nitrogen and oxygen atoms in total. The predicted molar refractivity (Wildman–Crippen MR) is 113 cm³/mol. The molecule has 0 aliphatic rings. The summed E-state index contributed by atoms with van der Waals surface area (Å²) in [4.78, 5) is 24.4. The maximum Gasteiger partial charge on any atom is 0.673 e. The molecule has 1 heterocycles. The number of carbonyl (C=O) groups excluding carboxylic acids is 2. The van der Waals surface area contributed by atoms with Crippen LogP contribution in [-0.2, 0) is 29.0 Å². The first kappa shape index (κ1) is 26.9. The smallest absolute Gasteiger partial charge is 0.467 e. The van der Waals surface area contributed by atoms with Crippen molar-refractivity contribution in [2.75, 3.05) is 7.11 Å². The minimum absolute atomic E-state index is 0.378. The Bertz CT molecular complexity index is 833. The van der Waals surface area contributed by atoms with E-state index in [1.54, 1.807) is 0 Å². The number of ether oxygens (including phenoxy) is 1. The Balaban J connectivity index is 0.000000920. The molecule has 0 fully saturated rings. The second-order valence-corrected chi connectivity index (χ2v) is 6.83. The number of amides is 2. The zero-order chi connectivity index (χ0) is 24.0. The maximum atomic E-state index is 12.3. The number of aromatic nitrogens is 1. The van der Waals surface area contributed by atoms with E-state index >= 15 is 0 Å². The summed E-state index contributed by atoms with van der Waals surface area (Å²) in [7, 11) is -4.68. The number of hydrogen-bond donors (Lipinski definition) is 2. The number of aryl methyl sites for hydroxylation is 1. The van der Waals surface area contributed by atoms with Gasteiger partial charge in [-0.05, 0) is 5.56 Å². The second kappa shape index (κ2) is 14.1. The van der Waals surface area contributed by atoms with E-state index in [2.05, 4.69) is 22.1 Å². The van der Waals surface area contributed by atoms with Crippen molar-refractivity contribution in [3.8, 4) is 0 Å². The van der Waals surface area contributed by atoms with Gasteiger partial charge in [-0.25, -0.2) is 14.2 Å². The first-order chi connectivity index (χ1) is 15.1. The molecule has 2 aromatic rings. The third-order valence-electron chi connectivity index (χ3n) is 4.29. The molecular weight excluding hydrogens is 429 g/mol. The summed E-state index contributed by atoms with van der Waals surface area (Å²) in [6, 6.07) is 14.3. The molecule has 1 aromatic heterocycles. The van der Waals surface area contributed by atoms with E-state index in [-0.39, 0.29) is 0 Å². The van der Waals surface area contributed by atoms with E-state index in [0.29, 0.717) is 13.0 Å². The topological polar surface area (TPSA) is 71.3 Å². The third kappa shape index (κ3) is 11.9. The highest BCUT2D eigenvalue weighted by Gasteiger charge is 2.22. The summed E-state index contributed by atoms with van der Waals surface area (Å²) in [6.07, 6.45) is 4.57. The average molecular weight is 457 g/mol. The number of halogens is 4. The summed E-state index contributed by atoms with van der Waals surface area (Å²) in [5.41, 5.74) is 1.97. The average Bonchev–Trinajstić information content (AvgIpc) is 2.75. The number of pyridine rings is 1. The van der Waals surface area contributed by atoms with Crippen molar-refractivity contribution in [3.63, 3.8) is 0 Å². The van der Waals surface area contributed by atoms with E-state index < -0.39 is 25.3 Å². The predicted octanol–water partition coefficient (Wildman–Crippen LogP) is 3.66. The number of carbonyl (C=O) groups is 2. The summed E-state index contributed by atoms with van der Waals surface area (Å²) < 4.78 is 46.0. The highest BCUT2D eigenvalue weighted by molar-refractivity contribution is 6.50. The van der Waals surface area contributed by atoms with E-state index in [1.165, 1.54) is 7.11 Å². The van der Waals surface area contributed by atoms with Crippen molar-refractivity contribution in [1.29, 1.82) is 0 Å². The lowest BCUT2D eigenvalue weighted by molar-refractivity contribution is -0.704. The lowest BCUT2D eigenvalue weighted by Crippen LogP contribution is -2.48. The van der Waals surface area contributed by atoms with Crippen LogP contribution in [0.5, 0.6) is 0 Å². The van der Waals surface area contributed by atoms with Crippen LogP contribution in [0.2, 0.25) is 0 Å². The number of nitrogens with zero attached hydrogens (tertiary/aromatic N) is 1. The van der Waals surface area contributed by atoms with Crippen molar-refractivity contribution in [3.05, 3.63) is 66.0 Å². The number of urea groups is 1. The maximum absolute atomic E-state index is 12.3. The van der Waals surface area contributed by atoms with Gasteiger partial charge in [-0.2, -0.15) is 0 Å². The lowest BCUT2D eigenvalue weighted by Gasteiger charge is -2.17. The van der Waals surface area contributed by atoms with Crippen LogP contribution in [0, 0.1) is 0 Å². The minimum Gasteiger partial charge on any atom is -0.467 e. The number of benzene rings is 1. The van der Waals surface area contributed by atoms with Crippen LogP contribution in [0.4, 0.5) is 22.1 Å². The van der Waals surface area contributed by atoms with Gasteiger partial charge in [0.05, 0.1) is 7.11 Å². The van der Waals surface area contributed by atoms with Gasteiger partial charge in [0.1, 0.15) is 19.1 Å². The fourth-order valence-electron chi connectivity index (χ4n) is 2.78. The number of hydrogen-bond acceptors (Lipinski definition) is 3. The standard InChI is InChI=1S/C21H27N3O3.BF4/c1-3-4-13-24-14-9-8-12-18(24)16-22-21(26)23-19(20(25)27-2)15-17-10-6-5-7-11-17;2-1(3,4)5/h5-12,14,19H,3-4,13,15-16H2,1-2H3,(H-,22,23,26);/q;-1/p+1/t19-;/m0./s1. The summed E-state index contributed by atoms with van der Waals surface area (Å²) >= 11 is 0. The van der Waals surface area contributed by atoms with E-state index in [0.717, 1.165) is 30.6 Å². The highest BCUT2D eigenvalue weighted by atomic mass is 19.5. The SMILES string of the molecule is CCCC[n+]1ccccc1CNC(=O)N[C@@H](Cc1ccccc1)C(=O)OC.F[B-](F)(F)F. The highest BCUT2D eigenvalue weighted by Crippen LogP contribution is 2.07. The van der Waals surface area contributed by atoms with Gasteiger partial charge in [0.15, 0.2) is 6.20 Å². The van der Waals surface area contributed by atoms with Crippen LogP contribution >= 0.6 is 0 Å². The first-order valence-corrected chi connectivity index (χ1v) is 10.1. The largest absolute Gasteiger partial charge is 0.673 e. The zero-order valence-electron chi connectivity index (χ0n) is 18.1. The van der Waals surface area contributed by atoms with Gasteiger partial charge in [-0.15, -0.1) is 0 Å². The quantitative estimate of drug-likeness (QED) is 0.261.